The van der Waals surface area contributed by atoms with Gasteiger partial charge in [0.15, 0.2) is 0 Å². The average Bonchev–Trinajstić information content (AvgIpc) is 2.45. The van der Waals surface area contributed by atoms with Gasteiger partial charge in [0.1, 0.15) is 0 Å². The van der Waals surface area contributed by atoms with Crippen molar-refractivity contribution in [2.45, 2.75) is 39.0 Å². The summed E-state index contributed by atoms with van der Waals surface area (Å²) in [6.45, 7) is 4.90. The van der Waals surface area contributed by atoms with Gasteiger partial charge in [0.2, 0.25) is 5.91 Å². The van der Waals surface area contributed by atoms with Crippen molar-refractivity contribution in [3.8, 4) is 0 Å². The molecule has 24 heavy (non-hydrogen) atoms. The van der Waals surface area contributed by atoms with Crippen LogP contribution in [-0.4, -0.2) is 30.8 Å². The molecule has 9 heteroatoms. The van der Waals surface area contributed by atoms with Crippen molar-refractivity contribution in [1.82, 2.24) is 5.32 Å². The highest BCUT2D eigenvalue weighted by Crippen LogP contribution is 2.33. The van der Waals surface area contributed by atoms with Crippen LogP contribution in [0.15, 0.2) is 18.3 Å². The van der Waals surface area contributed by atoms with Crippen LogP contribution >= 0.6 is 0 Å². The Morgan fingerprint density at radius 1 is 1.33 bits per heavy atom. The minimum Gasteiger partial charge on any atom is -0.464 e. The van der Waals surface area contributed by atoms with Crippen LogP contribution in [0, 0.1) is 12.8 Å². The fraction of sp³-hybridized carbons (Fsp3) is 0.533. The van der Waals surface area contributed by atoms with E-state index in [4.69, 9.17) is 0 Å². The Hall–Kier alpha value is -2.32. The second-order valence-electron chi connectivity index (χ2n) is 5.74. The highest BCUT2D eigenvalue weighted by molar-refractivity contribution is 5.91. The molecule has 0 fully saturated rings. The van der Waals surface area contributed by atoms with Gasteiger partial charge in [0.05, 0.1) is 13.3 Å². The van der Waals surface area contributed by atoms with Gasteiger partial charge in [0, 0.05) is 12.0 Å². The zero-order valence-corrected chi connectivity index (χ0v) is 13.9. The third kappa shape index (κ3) is 4.36. The maximum absolute atomic E-state index is 13.7. The lowest BCUT2D eigenvalue weighted by molar-refractivity contribution is -0.363. The fourth-order valence-corrected chi connectivity index (χ4v) is 2.02. The number of rotatable bonds is 6. The fourth-order valence-electron chi connectivity index (χ4n) is 2.02. The van der Waals surface area contributed by atoms with Crippen LogP contribution < -0.4 is 15.6 Å². The number of ether oxygens (including phenoxy) is 1. The van der Waals surface area contributed by atoms with Gasteiger partial charge in [-0.25, -0.2) is 15.1 Å². The third-order valence-electron chi connectivity index (χ3n) is 3.21. The normalized spacial score (nSPS) is 14.0. The predicted octanol–water partition coefficient (Wildman–Crippen LogP) is 1.81. The summed E-state index contributed by atoms with van der Waals surface area (Å²) in [7, 11) is 0.820. The smallest absolute Gasteiger partial charge is 0.464 e. The molecular formula is C15H21F3N3O3+. The largest absolute Gasteiger partial charge is 0.464 e. The van der Waals surface area contributed by atoms with Crippen molar-refractivity contribution in [3.05, 3.63) is 23.9 Å². The maximum Gasteiger partial charge on any atom is 0.464 e. The number of hydrogen-bond donors (Lipinski definition) is 2. The lowest BCUT2D eigenvalue weighted by atomic mass is 10.1. The quantitative estimate of drug-likeness (QED) is 0.607. The van der Waals surface area contributed by atoms with Crippen LogP contribution in [0.5, 0.6) is 0 Å². The molecule has 1 amide bonds. The number of aryl methyl sites for hydroxylation is 1. The Balaban J connectivity index is 3.34. The number of nitrogens with one attached hydrogen (secondary N) is 3. The molecule has 6 nitrogen and oxygen atoms in total. The molecule has 3 N–H and O–H groups in total. The number of carbonyl (C=O) groups excluding carboxylic acids is 2. The van der Waals surface area contributed by atoms with Crippen molar-refractivity contribution in [3.63, 3.8) is 0 Å². The molecule has 0 spiro atoms. The molecule has 1 rings (SSSR count). The van der Waals surface area contributed by atoms with Crippen LogP contribution in [0.2, 0.25) is 0 Å². The first-order chi connectivity index (χ1) is 11.0. The van der Waals surface area contributed by atoms with E-state index in [1.54, 1.807) is 38.2 Å². The second-order valence-corrected chi connectivity index (χ2v) is 5.74. The SMILES string of the molecule is COC(=O)[C@@](NC(=O)CC(C)C)(Nc1[nH+]cccc1C)C(F)(F)F. The monoisotopic (exact) mass is 348 g/mol. The Bertz CT molecular complexity index is 605. The molecule has 0 aliphatic carbocycles. The highest BCUT2D eigenvalue weighted by atomic mass is 19.4. The number of H-pyrrole nitrogens is 1. The summed E-state index contributed by atoms with van der Waals surface area (Å²) in [5.74, 6) is -2.83. The Morgan fingerprint density at radius 3 is 2.42 bits per heavy atom. The molecule has 0 aliphatic rings. The topological polar surface area (TPSA) is 81.6 Å². The minimum absolute atomic E-state index is 0.0647. The first-order valence-corrected chi connectivity index (χ1v) is 7.25. The second kappa shape index (κ2) is 7.50. The van der Waals surface area contributed by atoms with E-state index in [2.05, 4.69) is 15.0 Å². The number of pyridine rings is 1. The molecule has 0 aromatic carbocycles. The molecule has 0 saturated carbocycles. The summed E-state index contributed by atoms with van der Waals surface area (Å²) in [5, 5.41) is 3.83. The van der Waals surface area contributed by atoms with Crippen molar-refractivity contribution < 1.29 is 32.5 Å². The van der Waals surface area contributed by atoms with Crippen molar-refractivity contribution in [2.75, 3.05) is 12.4 Å². The maximum atomic E-state index is 13.7. The lowest BCUT2D eigenvalue weighted by Gasteiger charge is -2.30. The van der Waals surface area contributed by atoms with Crippen LogP contribution in [0.3, 0.4) is 0 Å². The molecule has 0 unspecified atom stereocenters. The Kier molecular flexibility index (Phi) is 6.16. The molecule has 134 valence electrons. The zero-order valence-electron chi connectivity index (χ0n) is 13.9. The first-order valence-electron chi connectivity index (χ1n) is 7.25. The molecular weight excluding hydrogens is 327 g/mol. The van der Waals surface area contributed by atoms with E-state index in [9.17, 15) is 22.8 Å². The van der Waals surface area contributed by atoms with E-state index >= 15 is 0 Å². The van der Waals surface area contributed by atoms with Gasteiger partial charge >= 0.3 is 17.8 Å². The number of amides is 1. The number of alkyl halides is 3. The molecule has 0 saturated heterocycles. The van der Waals surface area contributed by atoms with Gasteiger partial charge in [-0.05, 0) is 25.0 Å². The van der Waals surface area contributed by atoms with E-state index < -0.39 is 23.7 Å². The van der Waals surface area contributed by atoms with Gasteiger partial charge in [-0.2, -0.15) is 13.2 Å². The number of hydrogen-bond acceptors (Lipinski definition) is 4. The van der Waals surface area contributed by atoms with Gasteiger partial charge < -0.3 is 4.74 Å². The summed E-state index contributed by atoms with van der Waals surface area (Å²) >= 11 is 0. The molecule has 1 aromatic heterocycles. The van der Waals surface area contributed by atoms with E-state index in [0.29, 0.717) is 5.56 Å². The lowest BCUT2D eigenvalue weighted by Crippen LogP contribution is -2.69. The van der Waals surface area contributed by atoms with Gasteiger partial charge in [0.25, 0.3) is 5.82 Å². The summed E-state index contributed by atoms with van der Waals surface area (Å²) in [5.41, 5.74) is -2.97. The van der Waals surface area contributed by atoms with E-state index in [-0.39, 0.29) is 18.2 Å². The van der Waals surface area contributed by atoms with E-state index in [1.165, 1.54) is 6.20 Å². The molecule has 1 atom stereocenters. The van der Waals surface area contributed by atoms with Gasteiger partial charge in [-0.15, -0.1) is 0 Å². The van der Waals surface area contributed by atoms with Crippen molar-refractivity contribution in [2.24, 2.45) is 5.92 Å². The molecule has 1 aromatic rings. The number of aromatic nitrogens is 1. The van der Waals surface area contributed by atoms with Gasteiger partial charge in [-0.3, -0.25) is 10.1 Å². The Morgan fingerprint density at radius 2 is 1.96 bits per heavy atom. The molecule has 0 bridgehead atoms. The number of anilines is 1. The van der Waals surface area contributed by atoms with Crippen molar-refractivity contribution >= 4 is 17.7 Å². The first kappa shape index (κ1) is 19.7. The summed E-state index contributed by atoms with van der Waals surface area (Å²) in [6, 6.07) is 3.14. The zero-order chi connectivity index (χ0) is 18.5. The third-order valence-corrected chi connectivity index (χ3v) is 3.21. The number of methoxy groups -OCH3 is 1. The summed E-state index contributed by atoms with van der Waals surface area (Å²) in [6.07, 6.45) is -3.92. The molecule has 0 aliphatic heterocycles. The number of esters is 1. The minimum atomic E-state index is -5.14. The number of halogens is 3. The van der Waals surface area contributed by atoms with Crippen LogP contribution in [0.4, 0.5) is 19.0 Å². The van der Waals surface area contributed by atoms with Crippen molar-refractivity contribution in [1.29, 1.82) is 0 Å². The predicted molar refractivity (Wildman–Crippen MR) is 79.8 cm³/mol. The van der Waals surface area contributed by atoms with Crippen LogP contribution in [0.25, 0.3) is 0 Å². The van der Waals surface area contributed by atoms with Crippen LogP contribution in [-0.2, 0) is 14.3 Å². The Labute approximate surface area is 137 Å². The number of carbonyl (C=O) groups is 2. The average molecular weight is 348 g/mol. The van der Waals surface area contributed by atoms with Crippen LogP contribution in [0.1, 0.15) is 25.8 Å². The molecule has 1 heterocycles. The highest BCUT2D eigenvalue weighted by Gasteiger charge is 2.67. The van der Waals surface area contributed by atoms with E-state index in [0.717, 1.165) is 7.11 Å². The summed E-state index contributed by atoms with van der Waals surface area (Å²) < 4.78 is 45.5. The van der Waals surface area contributed by atoms with Gasteiger partial charge in [-0.1, -0.05) is 13.8 Å². The number of aromatic amines is 1. The van der Waals surface area contributed by atoms with E-state index in [1.807, 2.05) is 0 Å². The standard InChI is InChI=1S/C15H20F3N3O3/c1-9(2)8-11(22)20-14(13(23)24-4,15(16,17)18)21-12-10(3)6-5-7-19-12/h5-7,9H,8H2,1-4H3,(H,19,21)(H,20,22)/p+1/t14-/m1/s1. The summed E-state index contributed by atoms with van der Waals surface area (Å²) in [4.78, 5) is 26.5. The molecule has 0 radical (unpaired) electrons.